The summed E-state index contributed by atoms with van der Waals surface area (Å²) in [6, 6.07) is 8.16. The van der Waals surface area contributed by atoms with E-state index in [0.29, 0.717) is 5.92 Å². The maximum atomic E-state index is 5.51. The van der Waals surface area contributed by atoms with Crippen LogP contribution in [0.25, 0.3) is 0 Å². The van der Waals surface area contributed by atoms with Gasteiger partial charge in [-0.1, -0.05) is 19.1 Å². The molecule has 0 saturated heterocycles. The van der Waals surface area contributed by atoms with Gasteiger partial charge < -0.3 is 10.5 Å². The molecule has 0 unspecified atom stereocenters. The molecule has 0 aromatic heterocycles. The van der Waals surface area contributed by atoms with Crippen molar-refractivity contribution in [2.45, 2.75) is 19.3 Å². The third kappa shape index (κ3) is 2.74. The van der Waals surface area contributed by atoms with Crippen molar-refractivity contribution in [3.63, 3.8) is 0 Å². The van der Waals surface area contributed by atoms with E-state index in [4.69, 9.17) is 10.5 Å². The third-order valence-electron chi connectivity index (χ3n) is 2.26. The highest BCUT2D eigenvalue weighted by atomic mass is 16.5. The van der Waals surface area contributed by atoms with Crippen LogP contribution in [0.5, 0.6) is 5.75 Å². The lowest BCUT2D eigenvalue weighted by Gasteiger charge is -2.11. The molecule has 0 aliphatic rings. The molecular formula is C11H17NO. The summed E-state index contributed by atoms with van der Waals surface area (Å²) in [6.45, 7) is 2.92. The normalized spacial score (nSPS) is 12.5. The van der Waals surface area contributed by atoms with Crippen molar-refractivity contribution < 1.29 is 4.74 Å². The van der Waals surface area contributed by atoms with Crippen molar-refractivity contribution in [2.75, 3.05) is 13.7 Å². The molecule has 13 heavy (non-hydrogen) atoms. The van der Waals surface area contributed by atoms with Crippen molar-refractivity contribution in [2.24, 2.45) is 5.73 Å². The fraction of sp³-hybridized carbons (Fsp3) is 0.455. The number of methoxy groups -OCH3 is 1. The maximum absolute atomic E-state index is 5.51. The molecule has 0 aliphatic heterocycles. The highest BCUT2D eigenvalue weighted by Crippen LogP contribution is 2.22. The van der Waals surface area contributed by atoms with Crippen LogP contribution in [-0.4, -0.2) is 13.7 Å². The topological polar surface area (TPSA) is 35.2 Å². The molecule has 0 radical (unpaired) electrons. The molecule has 0 aliphatic carbocycles. The summed E-state index contributed by atoms with van der Waals surface area (Å²) in [7, 11) is 1.69. The van der Waals surface area contributed by atoms with Crippen LogP contribution in [0.1, 0.15) is 24.8 Å². The maximum Gasteiger partial charge on any atom is 0.119 e. The Kier molecular flexibility index (Phi) is 3.77. The Morgan fingerprint density at radius 2 is 2.23 bits per heavy atom. The largest absolute Gasteiger partial charge is 0.497 e. The Bertz CT molecular complexity index is 260. The summed E-state index contributed by atoms with van der Waals surface area (Å²) in [5, 5.41) is 0. The SMILES string of the molecule is COc1cccc([C@H](C)CCN)c1. The number of hydrogen-bond acceptors (Lipinski definition) is 2. The summed E-state index contributed by atoms with van der Waals surface area (Å²) in [6.07, 6.45) is 1.02. The molecule has 1 rings (SSSR count). The van der Waals surface area contributed by atoms with E-state index in [9.17, 15) is 0 Å². The Labute approximate surface area is 79.7 Å². The zero-order valence-corrected chi connectivity index (χ0v) is 8.29. The van der Waals surface area contributed by atoms with E-state index >= 15 is 0 Å². The molecule has 2 nitrogen and oxygen atoms in total. The van der Waals surface area contributed by atoms with E-state index < -0.39 is 0 Å². The van der Waals surface area contributed by atoms with Gasteiger partial charge in [-0.2, -0.15) is 0 Å². The van der Waals surface area contributed by atoms with Gasteiger partial charge in [-0.15, -0.1) is 0 Å². The first-order valence-electron chi connectivity index (χ1n) is 4.62. The lowest BCUT2D eigenvalue weighted by atomic mass is 9.98. The standard InChI is InChI=1S/C11H17NO/c1-9(6-7-12)10-4-3-5-11(8-10)13-2/h3-5,8-9H,6-7,12H2,1-2H3/t9-/m1/s1. The molecular weight excluding hydrogens is 162 g/mol. The zero-order chi connectivity index (χ0) is 9.68. The summed E-state index contributed by atoms with van der Waals surface area (Å²) >= 11 is 0. The number of benzene rings is 1. The fourth-order valence-corrected chi connectivity index (χ4v) is 1.36. The van der Waals surface area contributed by atoms with Crippen LogP contribution in [0.3, 0.4) is 0 Å². The summed E-state index contributed by atoms with van der Waals surface area (Å²) in [4.78, 5) is 0. The molecule has 1 atom stereocenters. The van der Waals surface area contributed by atoms with E-state index in [1.165, 1.54) is 5.56 Å². The number of ether oxygens (including phenoxy) is 1. The molecule has 2 N–H and O–H groups in total. The fourth-order valence-electron chi connectivity index (χ4n) is 1.36. The Morgan fingerprint density at radius 3 is 2.85 bits per heavy atom. The minimum absolute atomic E-state index is 0.514. The monoisotopic (exact) mass is 179 g/mol. The van der Waals surface area contributed by atoms with E-state index in [-0.39, 0.29) is 0 Å². The average Bonchev–Trinajstić information content (AvgIpc) is 2.18. The van der Waals surface area contributed by atoms with Crippen LogP contribution >= 0.6 is 0 Å². The second-order valence-corrected chi connectivity index (χ2v) is 3.26. The Morgan fingerprint density at radius 1 is 1.46 bits per heavy atom. The third-order valence-corrected chi connectivity index (χ3v) is 2.26. The first kappa shape index (κ1) is 10.1. The second kappa shape index (κ2) is 4.87. The van der Waals surface area contributed by atoms with Crippen LogP contribution in [0.2, 0.25) is 0 Å². The molecule has 72 valence electrons. The van der Waals surface area contributed by atoms with Gasteiger partial charge in [-0.3, -0.25) is 0 Å². The molecule has 1 aromatic rings. The minimum Gasteiger partial charge on any atom is -0.497 e. The summed E-state index contributed by atoms with van der Waals surface area (Å²) in [5.74, 6) is 1.43. The van der Waals surface area contributed by atoms with Crippen LogP contribution < -0.4 is 10.5 Å². The summed E-state index contributed by atoms with van der Waals surface area (Å²) in [5.41, 5.74) is 6.80. The van der Waals surface area contributed by atoms with Crippen LogP contribution in [0.15, 0.2) is 24.3 Å². The molecule has 2 heteroatoms. The Hall–Kier alpha value is -1.02. The van der Waals surface area contributed by atoms with E-state index in [1.54, 1.807) is 7.11 Å². The van der Waals surface area contributed by atoms with Crippen molar-refractivity contribution in [1.82, 2.24) is 0 Å². The highest BCUT2D eigenvalue weighted by Gasteiger charge is 2.04. The second-order valence-electron chi connectivity index (χ2n) is 3.26. The van der Waals surface area contributed by atoms with Gasteiger partial charge in [0.15, 0.2) is 0 Å². The zero-order valence-electron chi connectivity index (χ0n) is 8.29. The number of nitrogens with two attached hydrogens (primary N) is 1. The van der Waals surface area contributed by atoms with Crippen LogP contribution in [0, 0.1) is 0 Å². The predicted molar refractivity (Wildman–Crippen MR) is 55.1 cm³/mol. The summed E-state index contributed by atoms with van der Waals surface area (Å²) < 4.78 is 5.15. The number of hydrogen-bond donors (Lipinski definition) is 1. The molecule has 0 amide bonds. The van der Waals surface area contributed by atoms with Crippen molar-refractivity contribution >= 4 is 0 Å². The first-order chi connectivity index (χ1) is 6.27. The van der Waals surface area contributed by atoms with Gasteiger partial charge in [0.2, 0.25) is 0 Å². The average molecular weight is 179 g/mol. The quantitative estimate of drug-likeness (QED) is 0.768. The van der Waals surface area contributed by atoms with Crippen LogP contribution in [-0.2, 0) is 0 Å². The lowest BCUT2D eigenvalue weighted by molar-refractivity contribution is 0.414. The lowest BCUT2D eigenvalue weighted by Crippen LogP contribution is -2.04. The van der Waals surface area contributed by atoms with Gasteiger partial charge >= 0.3 is 0 Å². The van der Waals surface area contributed by atoms with Gasteiger partial charge in [0.1, 0.15) is 5.75 Å². The van der Waals surface area contributed by atoms with Gasteiger partial charge in [0.05, 0.1) is 7.11 Å². The van der Waals surface area contributed by atoms with Gasteiger partial charge in [0, 0.05) is 0 Å². The molecule has 0 spiro atoms. The van der Waals surface area contributed by atoms with Gasteiger partial charge in [0.25, 0.3) is 0 Å². The minimum atomic E-state index is 0.514. The highest BCUT2D eigenvalue weighted by molar-refractivity contribution is 5.30. The smallest absolute Gasteiger partial charge is 0.119 e. The van der Waals surface area contributed by atoms with E-state index in [1.807, 2.05) is 12.1 Å². The molecule has 1 aromatic carbocycles. The molecule has 0 saturated carbocycles. The van der Waals surface area contributed by atoms with Crippen molar-refractivity contribution in [3.8, 4) is 5.75 Å². The van der Waals surface area contributed by atoms with E-state index in [0.717, 1.165) is 18.7 Å². The van der Waals surface area contributed by atoms with E-state index in [2.05, 4.69) is 19.1 Å². The van der Waals surface area contributed by atoms with Crippen molar-refractivity contribution in [3.05, 3.63) is 29.8 Å². The first-order valence-corrected chi connectivity index (χ1v) is 4.62. The molecule has 0 fully saturated rings. The van der Waals surface area contributed by atoms with Crippen molar-refractivity contribution in [1.29, 1.82) is 0 Å². The number of rotatable bonds is 4. The molecule has 0 heterocycles. The van der Waals surface area contributed by atoms with Gasteiger partial charge in [-0.25, -0.2) is 0 Å². The Balaban J connectivity index is 2.75. The molecule has 0 bridgehead atoms. The predicted octanol–water partition coefficient (Wildman–Crippen LogP) is 2.15. The van der Waals surface area contributed by atoms with Crippen LogP contribution in [0.4, 0.5) is 0 Å². The van der Waals surface area contributed by atoms with Gasteiger partial charge in [-0.05, 0) is 36.6 Å².